The third-order valence-corrected chi connectivity index (χ3v) is 3.02. The summed E-state index contributed by atoms with van der Waals surface area (Å²) >= 11 is 0. The van der Waals surface area contributed by atoms with Crippen molar-refractivity contribution in [2.75, 3.05) is 0 Å². The van der Waals surface area contributed by atoms with Gasteiger partial charge < -0.3 is 10.5 Å². The van der Waals surface area contributed by atoms with Crippen LogP contribution in [0.25, 0.3) is 0 Å². The number of carbonyl (C=O) groups is 2. The van der Waals surface area contributed by atoms with E-state index in [1.54, 1.807) is 0 Å². The van der Waals surface area contributed by atoms with Crippen molar-refractivity contribution in [3.63, 3.8) is 0 Å². The number of primary amides is 1. The van der Waals surface area contributed by atoms with E-state index in [1.165, 1.54) is 26.0 Å². The number of amides is 1. The first-order valence-electron chi connectivity index (χ1n) is 5.55. The maximum atomic E-state index is 12.1. The molecule has 100 valence electrons. The Morgan fingerprint density at radius 2 is 2.11 bits per heavy atom. The standard InChI is InChI=1S/C12H12N2O5/c1-12(2)10(15)9(11(13)16)7-5-6(14(17)18)3-4-8(7)19-12/h3-5,9H,1-2H3,(H2,13,16). The van der Waals surface area contributed by atoms with Crippen LogP contribution in [0.5, 0.6) is 5.75 Å². The molecule has 0 aliphatic carbocycles. The van der Waals surface area contributed by atoms with Crippen LogP contribution in [0.15, 0.2) is 18.2 Å². The summed E-state index contributed by atoms with van der Waals surface area (Å²) in [5.74, 6) is -2.31. The van der Waals surface area contributed by atoms with E-state index in [9.17, 15) is 19.7 Å². The molecule has 2 N–H and O–H groups in total. The van der Waals surface area contributed by atoms with E-state index in [2.05, 4.69) is 0 Å². The molecule has 1 unspecified atom stereocenters. The number of nitro benzene ring substituents is 1. The Balaban J connectivity index is 2.64. The molecule has 0 spiro atoms. The van der Waals surface area contributed by atoms with E-state index in [0.29, 0.717) is 0 Å². The second-order valence-electron chi connectivity index (χ2n) is 4.79. The van der Waals surface area contributed by atoms with Crippen molar-refractivity contribution in [1.29, 1.82) is 0 Å². The number of carbonyl (C=O) groups excluding carboxylic acids is 2. The lowest BCUT2D eigenvalue weighted by Crippen LogP contribution is -2.48. The third-order valence-electron chi connectivity index (χ3n) is 3.02. The summed E-state index contributed by atoms with van der Waals surface area (Å²) in [7, 11) is 0. The predicted molar refractivity (Wildman–Crippen MR) is 64.7 cm³/mol. The number of nitro groups is 1. The van der Waals surface area contributed by atoms with Gasteiger partial charge in [-0.3, -0.25) is 19.7 Å². The van der Waals surface area contributed by atoms with Crippen molar-refractivity contribution < 1.29 is 19.2 Å². The summed E-state index contributed by atoms with van der Waals surface area (Å²) in [5, 5.41) is 10.7. The van der Waals surface area contributed by atoms with E-state index in [0.717, 1.165) is 6.07 Å². The van der Waals surface area contributed by atoms with Crippen LogP contribution >= 0.6 is 0 Å². The lowest BCUT2D eigenvalue weighted by molar-refractivity contribution is -0.385. The SMILES string of the molecule is CC1(C)Oc2ccc([N+](=O)[O-])cc2C(C(N)=O)C1=O. The van der Waals surface area contributed by atoms with Crippen LogP contribution in [-0.2, 0) is 9.59 Å². The molecule has 0 saturated heterocycles. The van der Waals surface area contributed by atoms with Gasteiger partial charge in [0, 0.05) is 17.7 Å². The number of ether oxygens (including phenoxy) is 1. The van der Waals surface area contributed by atoms with Gasteiger partial charge in [0.2, 0.25) is 5.91 Å². The van der Waals surface area contributed by atoms with Gasteiger partial charge in [-0.2, -0.15) is 0 Å². The average molecular weight is 264 g/mol. The molecular weight excluding hydrogens is 252 g/mol. The molecule has 1 heterocycles. The van der Waals surface area contributed by atoms with E-state index in [4.69, 9.17) is 10.5 Å². The van der Waals surface area contributed by atoms with Crippen LogP contribution < -0.4 is 10.5 Å². The zero-order valence-electron chi connectivity index (χ0n) is 10.4. The quantitative estimate of drug-likeness (QED) is 0.484. The van der Waals surface area contributed by atoms with Crippen LogP contribution in [-0.4, -0.2) is 22.2 Å². The number of ketones is 1. The zero-order chi connectivity index (χ0) is 14.4. The Bertz CT molecular complexity index is 594. The highest BCUT2D eigenvalue weighted by Gasteiger charge is 2.45. The molecule has 1 aromatic carbocycles. The largest absolute Gasteiger partial charge is 0.480 e. The Kier molecular flexibility index (Phi) is 2.77. The van der Waals surface area contributed by atoms with Crippen molar-refractivity contribution >= 4 is 17.4 Å². The van der Waals surface area contributed by atoms with Gasteiger partial charge in [-0.25, -0.2) is 0 Å². The highest BCUT2D eigenvalue weighted by Crippen LogP contribution is 2.39. The van der Waals surface area contributed by atoms with Crippen molar-refractivity contribution in [3.05, 3.63) is 33.9 Å². The minimum Gasteiger partial charge on any atom is -0.480 e. The average Bonchev–Trinajstić information content (AvgIpc) is 2.29. The van der Waals surface area contributed by atoms with E-state index in [-0.39, 0.29) is 17.0 Å². The highest BCUT2D eigenvalue weighted by molar-refractivity contribution is 6.11. The number of non-ortho nitro benzene ring substituents is 1. The molecule has 0 aromatic heterocycles. The fraction of sp³-hybridized carbons (Fsp3) is 0.333. The van der Waals surface area contributed by atoms with Crippen LogP contribution in [0.2, 0.25) is 0 Å². The van der Waals surface area contributed by atoms with Crippen LogP contribution in [0.4, 0.5) is 5.69 Å². The molecule has 1 amide bonds. The van der Waals surface area contributed by atoms with Crippen molar-refractivity contribution in [1.82, 2.24) is 0 Å². The summed E-state index contributed by atoms with van der Waals surface area (Å²) in [6, 6.07) is 3.78. The lowest BCUT2D eigenvalue weighted by atomic mass is 9.82. The fourth-order valence-electron chi connectivity index (χ4n) is 2.06. The molecule has 19 heavy (non-hydrogen) atoms. The van der Waals surface area contributed by atoms with Gasteiger partial charge >= 0.3 is 0 Å². The number of hydrogen-bond acceptors (Lipinski definition) is 5. The maximum Gasteiger partial charge on any atom is 0.270 e. The van der Waals surface area contributed by atoms with Crippen molar-refractivity contribution in [3.8, 4) is 5.75 Å². The molecule has 1 aliphatic rings. The maximum absolute atomic E-state index is 12.1. The van der Waals surface area contributed by atoms with Crippen LogP contribution in [0.3, 0.4) is 0 Å². The molecule has 1 aliphatic heterocycles. The first-order valence-corrected chi connectivity index (χ1v) is 5.55. The minimum atomic E-state index is -1.22. The predicted octanol–water partition coefficient (Wildman–Crippen LogP) is 0.904. The second-order valence-corrected chi connectivity index (χ2v) is 4.79. The lowest BCUT2D eigenvalue weighted by Gasteiger charge is -2.34. The first kappa shape index (κ1) is 13.0. The van der Waals surface area contributed by atoms with Gasteiger partial charge in [0.15, 0.2) is 11.4 Å². The molecule has 7 nitrogen and oxygen atoms in total. The summed E-state index contributed by atoms with van der Waals surface area (Å²) in [4.78, 5) is 33.7. The molecule has 1 atom stereocenters. The molecule has 2 rings (SSSR count). The van der Waals surface area contributed by atoms with Gasteiger partial charge in [0.1, 0.15) is 11.7 Å². The normalized spacial score (nSPS) is 20.3. The Labute approximate surface area is 108 Å². The minimum absolute atomic E-state index is 0.144. The van der Waals surface area contributed by atoms with Crippen LogP contribution in [0.1, 0.15) is 25.3 Å². The monoisotopic (exact) mass is 264 g/mol. The first-order chi connectivity index (χ1) is 8.74. The number of nitrogens with two attached hydrogens (primary N) is 1. The van der Waals surface area contributed by atoms with Crippen molar-refractivity contribution in [2.24, 2.45) is 5.73 Å². The van der Waals surface area contributed by atoms with E-state index in [1.807, 2.05) is 0 Å². The number of fused-ring (bicyclic) bond motifs is 1. The number of hydrogen-bond donors (Lipinski definition) is 1. The fourth-order valence-corrected chi connectivity index (χ4v) is 2.06. The van der Waals surface area contributed by atoms with E-state index < -0.39 is 28.1 Å². The van der Waals surface area contributed by atoms with Gasteiger partial charge in [0.05, 0.1) is 4.92 Å². The highest BCUT2D eigenvalue weighted by atomic mass is 16.6. The van der Waals surface area contributed by atoms with Crippen molar-refractivity contribution in [2.45, 2.75) is 25.4 Å². The third kappa shape index (κ3) is 2.03. The zero-order valence-corrected chi connectivity index (χ0v) is 10.4. The smallest absolute Gasteiger partial charge is 0.270 e. The van der Waals surface area contributed by atoms with E-state index >= 15 is 0 Å². The summed E-state index contributed by atoms with van der Waals surface area (Å²) in [6.45, 7) is 3.05. The topological polar surface area (TPSA) is 113 Å². The molecule has 0 bridgehead atoms. The molecule has 0 fully saturated rings. The van der Waals surface area contributed by atoms with Gasteiger partial charge in [-0.05, 0) is 19.9 Å². The summed E-state index contributed by atoms with van der Waals surface area (Å²) < 4.78 is 5.47. The van der Waals surface area contributed by atoms with Gasteiger partial charge in [-0.15, -0.1) is 0 Å². The Hall–Kier alpha value is -2.44. The molecule has 1 aromatic rings. The molecule has 0 radical (unpaired) electrons. The molecule has 0 saturated carbocycles. The Morgan fingerprint density at radius 1 is 1.47 bits per heavy atom. The second kappa shape index (κ2) is 4.04. The number of benzene rings is 1. The Morgan fingerprint density at radius 3 is 2.63 bits per heavy atom. The van der Waals surface area contributed by atoms with Gasteiger partial charge in [0.25, 0.3) is 5.69 Å². The molecular formula is C12H12N2O5. The van der Waals surface area contributed by atoms with Crippen LogP contribution in [0, 0.1) is 10.1 Å². The van der Waals surface area contributed by atoms with Gasteiger partial charge in [-0.1, -0.05) is 0 Å². The number of rotatable bonds is 2. The number of Topliss-reactive ketones (excluding diaryl/α,β-unsaturated/α-hetero) is 1. The molecule has 7 heteroatoms. The number of nitrogens with zero attached hydrogens (tertiary/aromatic N) is 1. The summed E-state index contributed by atoms with van der Waals surface area (Å²) in [6.07, 6.45) is 0. The summed E-state index contributed by atoms with van der Waals surface area (Å²) in [5.41, 5.74) is 3.97.